The van der Waals surface area contributed by atoms with Crippen molar-refractivity contribution in [2.75, 3.05) is 6.61 Å². The van der Waals surface area contributed by atoms with Gasteiger partial charge >= 0.3 is 0 Å². The van der Waals surface area contributed by atoms with E-state index in [2.05, 4.69) is 10.9 Å². The number of aromatic nitrogens is 1. The van der Waals surface area contributed by atoms with Crippen LogP contribution in [0.3, 0.4) is 0 Å². The molecule has 0 saturated carbocycles. The van der Waals surface area contributed by atoms with E-state index < -0.39 is 0 Å². The van der Waals surface area contributed by atoms with E-state index in [9.17, 15) is 0 Å². The molecule has 0 fully saturated rings. The Kier molecular flexibility index (Phi) is 3.12. The van der Waals surface area contributed by atoms with Crippen LogP contribution in [0.2, 0.25) is 0 Å². The number of hydrogen-bond donors (Lipinski definition) is 1. The molecule has 0 bridgehead atoms. The van der Waals surface area contributed by atoms with Gasteiger partial charge in [-0.15, -0.1) is 6.42 Å². The predicted octanol–water partition coefficient (Wildman–Crippen LogP) is 0.552. The number of rotatable bonds is 3. The van der Waals surface area contributed by atoms with E-state index in [4.69, 9.17) is 16.9 Å². The molecule has 1 heterocycles. The van der Waals surface area contributed by atoms with Gasteiger partial charge in [-0.3, -0.25) is 0 Å². The lowest BCUT2D eigenvalue weighted by Gasteiger charge is -2.00. The van der Waals surface area contributed by atoms with Crippen molar-refractivity contribution in [1.29, 1.82) is 0 Å². The molecule has 0 aliphatic heterocycles. The van der Waals surface area contributed by atoms with E-state index in [1.54, 1.807) is 12.3 Å². The molecule has 0 unspecified atom stereocenters. The highest BCUT2D eigenvalue weighted by Gasteiger charge is 1.93. The highest BCUT2D eigenvalue weighted by molar-refractivity contribution is 5.17. The van der Waals surface area contributed by atoms with Gasteiger partial charge in [-0.1, -0.05) is 12.0 Å². The number of hydrogen-bond acceptors (Lipinski definition) is 3. The van der Waals surface area contributed by atoms with Gasteiger partial charge in [-0.05, 0) is 5.56 Å². The minimum Gasteiger partial charge on any atom is -0.464 e. The molecule has 0 spiro atoms. The van der Waals surface area contributed by atoms with E-state index in [1.165, 1.54) is 0 Å². The molecule has 0 radical (unpaired) electrons. The van der Waals surface area contributed by atoms with E-state index >= 15 is 0 Å². The number of terminal acetylenes is 1. The summed E-state index contributed by atoms with van der Waals surface area (Å²) in [6.07, 6.45) is 6.68. The average molecular weight is 162 g/mol. The van der Waals surface area contributed by atoms with Gasteiger partial charge < -0.3 is 10.5 Å². The van der Waals surface area contributed by atoms with Crippen molar-refractivity contribution in [1.82, 2.24) is 4.98 Å². The quantitative estimate of drug-likeness (QED) is 0.660. The second-order valence-electron chi connectivity index (χ2n) is 2.20. The second kappa shape index (κ2) is 4.37. The molecule has 0 aliphatic carbocycles. The first-order chi connectivity index (χ1) is 5.86. The van der Waals surface area contributed by atoms with Crippen LogP contribution in [0.1, 0.15) is 5.56 Å². The van der Waals surface area contributed by atoms with Crippen molar-refractivity contribution < 1.29 is 4.74 Å². The van der Waals surface area contributed by atoms with E-state index in [-0.39, 0.29) is 6.61 Å². The summed E-state index contributed by atoms with van der Waals surface area (Å²) in [4.78, 5) is 3.99. The van der Waals surface area contributed by atoms with Gasteiger partial charge in [0, 0.05) is 18.8 Å². The van der Waals surface area contributed by atoms with Crippen LogP contribution in [0, 0.1) is 12.3 Å². The van der Waals surface area contributed by atoms with Gasteiger partial charge in [-0.2, -0.15) is 0 Å². The summed E-state index contributed by atoms with van der Waals surface area (Å²) >= 11 is 0. The van der Waals surface area contributed by atoms with Crippen LogP contribution >= 0.6 is 0 Å². The second-order valence-corrected chi connectivity index (χ2v) is 2.20. The third-order valence-electron chi connectivity index (χ3n) is 1.34. The highest BCUT2D eigenvalue weighted by Crippen LogP contribution is 2.06. The molecule has 0 aliphatic rings. The fraction of sp³-hybridized carbons (Fsp3) is 0.222. The first-order valence-electron chi connectivity index (χ1n) is 3.58. The fourth-order valence-electron chi connectivity index (χ4n) is 0.733. The zero-order valence-electron chi connectivity index (χ0n) is 6.66. The van der Waals surface area contributed by atoms with Gasteiger partial charge in [0.1, 0.15) is 0 Å². The van der Waals surface area contributed by atoms with Crippen LogP contribution in [-0.4, -0.2) is 11.6 Å². The molecule has 1 aromatic rings. The average Bonchev–Trinajstić information content (AvgIpc) is 2.15. The molecule has 0 amide bonds. The van der Waals surface area contributed by atoms with Crippen LogP contribution in [0.25, 0.3) is 0 Å². The Morgan fingerprint density at radius 1 is 1.58 bits per heavy atom. The molecular formula is C9H10N2O. The van der Waals surface area contributed by atoms with Crippen molar-refractivity contribution in [2.24, 2.45) is 5.73 Å². The number of nitrogens with two attached hydrogens (primary N) is 1. The van der Waals surface area contributed by atoms with E-state index in [1.807, 2.05) is 6.07 Å². The maximum Gasteiger partial charge on any atom is 0.214 e. The van der Waals surface area contributed by atoms with Crippen molar-refractivity contribution in [3.05, 3.63) is 23.9 Å². The summed E-state index contributed by atoms with van der Waals surface area (Å²) in [6, 6.07) is 3.61. The van der Waals surface area contributed by atoms with E-state index in [0.717, 1.165) is 5.56 Å². The maximum absolute atomic E-state index is 5.39. The predicted molar refractivity (Wildman–Crippen MR) is 46.5 cm³/mol. The van der Waals surface area contributed by atoms with Crippen LogP contribution < -0.4 is 10.5 Å². The molecule has 3 nitrogen and oxygen atoms in total. The lowest BCUT2D eigenvalue weighted by atomic mass is 10.3. The Morgan fingerprint density at radius 2 is 2.42 bits per heavy atom. The van der Waals surface area contributed by atoms with Gasteiger partial charge in [0.05, 0.1) is 0 Å². The highest BCUT2D eigenvalue weighted by atomic mass is 16.5. The third kappa shape index (κ3) is 2.26. The Morgan fingerprint density at radius 3 is 2.92 bits per heavy atom. The summed E-state index contributed by atoms with van der Waals surface area (Å²) < 4.78 is 5.07. The molecule has 62 valence electrons. The topological polar surface area (TPSA) is 48.1 Å². The number of pyridine rings is 1. The van der Waals surface area contributed by atoms with Crippen LogP contribution in [0.15, 0.2) is 18.3 Å². The van der Waals surface area contributed by atoms with Gasteiger partial charge in [-0.25, -0.2) is 4.98 Å². The van der Waals surface area contributed by atoms with Gasteiger partial charge in [0.2, 0.25) is 5.88 Å². The third-order valence-corrected chi connectivity index (χ3v) is 1.34. The molecular weight excluding hydrogens is 152 g/mol. The zero-order chi connectivity index (χ0) is 8.81. The molecule has 0 saturated heterocycles. The minimum absolute atomic E-state index is 0.245. The van der Waals surface area contributed by atoms with E-state index in [0.29, 0.717) is 12.4 Å². The molecule has 0 atom stereocenters. The summed E-state index contributed by atoms with van der Waals surface area (Å²) in [5, 5.41) is 0. The lowest BCUT2D eigenvalue weighted by molar-refractivity contribution is 0.355. The fourth-order valence-corrected chi connectivity index (χ4v) is 0.733. The number of nitrogens with zero attached hydrogens (tertiary/aromatic N) is 1. The van der Waals surface area contributed by atoms with Crippen LogP contribution in [0.4, 0.5) is 0 Å². The van der Waals surface area contributed by atoms with Crippen molar-refractivity contribution in [2.45, 2.75) is 6.54 Å². The Balaban J connectivity index is 2.60. The van der Waals surface area contributed by atoms with Crippen molar-refractivity contribution >= 4 is 0 Å². The van der Waals surface area contributed by atoms with Gasteiger partial charge in [0.25, 0.3) is 0 Å². The molecule has 1 aromatic heterocycles. The molecule has 3 heteroatoms. The van der Waals surface area contributed by atoms with Crippen LogP contribution in [0.5, 0.6) is 5.88 Å². The maximum atomic E-state index is 5.39. The lowest BCUT2D eigenvalue weighted by Crippen LogP contribution is -1.99. The van der Waals surface area contributed by atoms with Gasteiger partial charge in [0.15, 0.2) is 6.61 Å². The summed E-state index contributed by atoms with van der Waals surface area (Å²) in [5.74, 6) is 2.89. The smallest absolute Gasteiger partial charge is 0.214 e. The Bertz CT molecular complexity index is 274. The SMILES string of the molecule is C#CCOc1ccc(CN)cn1. The largest absolute Gasteiger partial charge is 0.464 e. The number of ether oxygens (including phenoxy) is 1. The summed E-state index contributed by atoms with van der Waals surface area (Å²) in [7, 11) is 0. The Hall–Kier alpha value is -1.53. The minimum atomic E-state index is 0.245. The molecule has 2 N–H and O–H groups in total. The van der Waals surface area contributed by atoms with Crippen molar-refractivity contribution in [3.8, 4) is 18.2 Å². The molecule has 1 rings (SSSR count). The monoisotopic (exact) mass is 162 g/mol. The zero-order valence-corrected chi connectivity index (χ0v) is 6.66. The standard InChI is InChI=1S/C9H10N2O/c1-2-5-12-9-4-3-8(6-10)7-11-9/h1,3-4,7H,5-6,10H2. The summed E-state index contributed by atoms with van der Waals surface area (Å²) in [5.41, 5.74) is 6.36. The van der Waals surface area contributed by atoms with Crippen LogP contribution in [-0.2, 0) is 6.54 Å². The van der Waals surface area contributed by atoms with Crippen molar-refractivity contribution in [3.63, 3.8) is 0 Å². The Labute approximate surface area is 71.6 Å². The first-order valence-corrected chi connectivity index (χ1v) is 3.58. The molecule has 12 heavy (non-hydrogen) atoms. The first kappa shape index (κ1) is 8.57. The summed E-state index contributed by atoms with van der Waals surface area (Å²) in [6.45, 7) is 0.734. The molecule has 0 aromatic carbocycles. The normalized spacial score (nSPS) is 9.00.